The van der Waals surface area contributed by atoms with Crippen LogP contribution in [-0.4, -0.2) is 27.0 Å². The van der Waals surface area contributed by atoms with Gasteiger partial charge in [-0.05, 0) is 61.3 Å². The molecular formula is C21H24FN3. The van der Waals surface area contributed by atoms with Crippen LogP contribution < -0.4 is 0 Å². The van der Waals surface area contributed by atoms with Gasteiger partial charge < -0.3 is 4.57 Å². The van der Waals surface area contributed by atoms with Crippen LogP contribution in [0.4, 0.5) is 4.39 Å². The summed E-state index contributed by atoms with van der Waals surface area (Å²) in [6, 6.07) is 9.89. The van der Waals surface area contributed by atoms with E-state index in [2.05, 4.69) is 40.4 Å². The SMILES string of the molecule is CCN1Cc2c(n(CCc3ccncc3)c3ccc(F)cc23)CC1C. The zero-order valence-corrected chi connectivity index (χ0v) is 14.9. The molecule has 2 aromatic heterocycles. The fraction of sp³-hybridized carbons (Fsp3) is 0.381. The Morgan fingerprint density at radius 2 is 2.00 bits per heavy atom. The van der Waals surface area contributed by atoms with E-state index in [4.69, 9.17) is 0 Å². The number of halogens is 1. The molecule has 0 aliphatic carbocycles. The van der Waals surface area contributed by atoms with E-state index in [-0.39, 0.29) is 5.82 Å². The predicted octanol–water partition coefficient (Wildman–Crippen LogP) is 4.18. The van der Waals surface area contributed by atoms with Gasteiger partial charge in [-0.25, -0.2) is 4.39 Å². The maximum Gasteiger partial charge on any atom is 0.123 e. The summed E-state index contributed by atoms with van der Waals surface area (Å²) in [5.41, 5.74) is 5.13. The highest BCUT2D eigenvalue weighted by Crippen LogP contribution is 2.33. The molecular weight excluding hydrogens is 313 g/mol. The standard InChI is InChI=1S/C21H24FN3/c1-3-24-14-19-18-13-17(22)4-5-20(18)25(21(19)12-15(24)2)11-8-16-6-9-23-10-7-16/h4-7,9-10,13,15H,3,8,11-12,14H2,1-2H3. The number of hydrogen-bond acceptors (Lipinski definition) is 2. The Hall–Kier alpha value is -2.20. The molecule has 4 heteroatoms. The van der Waals surface area contributed by atoms with Gasteiger partial charge in [0.15, 0.2) is 0 Å². The van der Waals surface area contributed by atoms with Crippen molar-refractivity contribution in [3.8, 4) is 0 Å². The molecule has 1 aliphatic rings. The predicted molar refractivity (Wildman–Crippen MR) is 99.1 cm³/mol. The third kappa shape index (κ3) is 2.95. The van der Waals surface area contributed by atoms with E-state index < -0.39 is 0 Å². The lowest BCUT2D eigenvalue weighted by Gasteiger charge is -2.33. The summed E-state index contributed by atoms with van der Waals surface area (Å²) < 4.78 is 16.3. The molecule has 1 aliphatic heterocycles. The highest BCUT2D eigenvalue weighted by Gasteiger charge is 2.27. The van der Waals surface area contributed by atoms with Gasteiger partial charge in [0.1, 0.15) is 5.82 Å². The molecule has 1 unspecified atom stereocenters. The molecule has 1 aromatic carbocycles. The van der Waals surface area contributed by atoms with Crippen LogP contribution in [0.25, 0.3) is 10.9 Å². The fourth-order valence-corrected chi connectivity index (χ4v) is 4.10. The zero-order valence-electron chi connectivity index (χ0n) is 14.9. The van der Waals surface area contributed by atoms with Crippen molar-refractivity contribution in [1.82, 2.24) is 14.5 Å². The smallest absolute Gasteiger partial charge is 0.123 e. The van der Waals surface area contributed by atoms with Gasteiger partial charge in [0, 0.05) is 54.5 Å². The van der Waals surface area contributed by atoms with Gasteiger partial charge in [0.05, 0.1) is 0 Å². The average molecular weight is 337 g/mol. The number of pyridine rings is 1. The number of hydrogen-bond donors (Lipinski definition) is 0. The Bertz CT molecular complexity index is 885. The molecule has 3 aromatic rings. The van der Waals surface area contributed by atoms with Crippen molar-refractivity contribution < 1.29 is 4.39 Å². The maximum absolute atomic E-state index is 13.9. The van der Waals surface area contributed by atoms with E-state index >= 15 is 0 Å². The van der Waals surface area contributed by atoms with E-state index in [1.807, 2.05) is 18.5 Å². The van der Waals surface area contributed by atoms with Crippen molar-refractivity contribution in [3.05, 3.63) is 65.4 Å². The Labute approximate surface area is 148 Å². The van der Waals surface area contributed by atoms with Crippen LogP contribution in [-0.2, 0) is 25.9 Å². The molecule has 3 nitrogen and oxygen atoms in total. The van der Waals surface area contributed by atoms with Crippen LogP contribution in [0.15, 0.2) is 42.7 Å². The summed E-state index contributed by atoms with van der Waals surface area (Å²) >= 11 is 0. The highest BCUT2D eigenvalue weighted by atomic mass is 19.1. The van der Waals surface area contributed by atoms with Crippen LogP contribution in [0.1, 0.15) is 30.7 Å². The second kappa shape index (κ2) is 6.60. The second-order valence-electron chi connectivity index (χ2n) is 6.96. The van der Waals surface area contributed by atoms with Gasteiger partial charge in [-0.15, -0.1) is 0 Å². The van der Waals surface area contributed by atoms with Crippen molar-refractivity contribution in [3.63, 3.8) is 0 Å². The van der Waals surface area contributed by atoms with E-state index in [0.717, 1.165) is 43.4 Å². The first-order valence-corrected chi connectivity index (χ1v) is 9.09. The normalized spacial score (nSPS) is 17.8. The molecule has 3 heterocycles. The quantitative estimate of drug-likeness (QED) is 0.712. The Morgan fingerprint density at radius 3 is 2.76 bits per heavy atom. The monoisotopic (exact) mass is 337 g/mol. The Kier molecular flexibility index (Phi) is 4.30. The number of fused-ring (bicyclic) bond motifs is 3. The topological polar surface area (TPSA) is 21.1 Å². The van der Waals surface area contributed by atoms with Gasteiger partial charge in [-0.2, -0.15) is 0 Å². The largest absolute Gasteiger partial charge is 0.344 e. The first-order valence-electron chi connectivity index (χ1n) is 9.09. The van der Waals surface area contributed by atoms with Crippen LogP contribution in [0.5, 0.6) is 0 Å². The minimum absolute atomic E-state index is 0.150. The Morgan fingerprint density at radius 1 is 1.20 bits per heavy atom. The van der Waals surface area contributed by atoms with Crippen LogP contribution >= 0.6 is 0 Å². The number of nitrogens with zero attached hydrogens (tertiary/aromatic N) is 3. The molecule has 0 amide bonds. The summed E-state index contributed by atoms with van der Waals surface area (Å²) in [4.78, 5) is 6.57. The van der Waals surface area contributed by atoms with Crippen LogP contribution in [0.3, 0.4) is 0 Å². The minimum Gasteiger partial charge on any atom is -0.344 e. The molecule has 0 spiro atoms. The maximum atomic E-state index is 13.9. The van der Waals surface area contributed by atoms with Gasteiger partial charge in [0.2, 0.25) is 0 Å². The lowest BCUT2D eigenvalue weighted by atomic mass is 9.99. The van der Waals surface area contributed by atoms with Crippen molar-refractivity contribution in [1.29, 1.82) is 0 Å². The van der Waals surface area contributed by atoms with E-state index in [0.29, 0.717) is 6.04 Å². The third-order valence-electron chi connectivity index (χ3n) is 5.50. The van der Waals surface area contributed by atoms with E-state index in [1.54, 1.807) is 12.1 Å². The number of likely N-dealkylation sites (N-methyl/N-ethyl adjacent to an activating group) is 1. The van der Waals surface area contributed by atoms with Crippen molar-refractivity contribution in [2.45, 2.75) is 45.8 Å². The number of rotatable bonds is 4. The van der Waals surface area contributed by atoms with Gasteiger partial charge in [0.25, 0.3) is 0 Å². The molecule has 0 radical (unpaired) electrons. The van der Waals surface area contributed by atoms with Gasteiger partial charge >= 0.3 is 0 Å². The zero-order chi connectivity index (χ0) is 17.4. The number of aromatic nitrogens is 2. The number of aryl methyl sites for hydroxylation is 2. The van der Waals surface area contributed by atoms with E-state index in [9.17, 15) is 4.39 Å². The first-order chi connectivity index (χ1) is 12.2. The molecule has 0 N–H and O–H groups in total. The van der Waals surface area contributed by atoms with Crippen molar-refractivity contribution in [2.75, 3.05) is 6.54 Å². The third-order valence-corrected chi connectivity index (χ3v) is 5.50. The fourth-order valence-electron chi connectivity index (χ4n) is 4.10. The molecule has 0 fully saturated rings. The van der Waals surface area contributed by atoms with E-state index in [1.165, 1.54) is 16.8 Å². The van der Waals surface area contributed by atoms with Crippen molar-refractivity contribution >= 4 is 10.9 Å². The lowest BCUT2D eigenvalue weighted by molar-refractivity contribution is 0.192. The number of benzene rings is 1. The van der Waals surface area contributed by atoms with Gasteiger partial charge in [-0.1, -0.05) is 6.92 Å². The second-order valence-corrected chi connectivity index (χ2v) is 6.96. The highest BCUT2D eigenvalue weighted by molar-refractivity contribution is 5.86. The molecule has 130 valence electrons. The summed E-state index contributed by atoms with van der Waals surface area (Å²) in [5, 5.41) is 1.08. The molecule has 4 rings (SSSR count). The molecule has 1 atom stereocenters. The lowest BCUT2D eigenvalue weighted by Crippen LogP contribution is -2.38. The van der Waals surface area contributed by atoms with Gasteiger partial charge in [-0.3, -0.25) is 9.88 Å². The van der Waals surface area contributed by atoms with Crippen molar-refractivity contribution in [2.24, 2.45) is 0 Å². The van der Waals surface area contributed by atoms with Crippen LogP contribution in [0, 0.1) is 5.82 Å². The summed E-state index contributed by atoms with van der Waals surface area (Å²) in [5.74, 6) is -0.150. The molecule has 0 bridgehead atoms. The summed E-state index contributed by atoms with van der Waals surface area (Å²) in [6.45, 7) is 7.34. The molecule has 0 saturated heterocycles. The molecule has 25 heavy (non-hydrogen) atoms. The Balaban J connectivity index is 1.77. The average Bonchev–Trinajstić information content (AvgIpc) is 2.92. The summed E-state index contributed by atoms with van der Waals surface area (Å²) in [7, 11) is 0. The van der Waals surface area contributed by atoms with Crippen LogP contribution in [0.2, 0.25) is 0 Å². The summed E-state index contributed by atoms with van der Waals surface area (Å²) in [6.07, 6.45) is 5.67. The molecule has 0 saturated carbocycles. The first kappa shape index (κ1) is 16.3. The minimum atomic E-state index is -0.150.